The smallest absolute Gasteiger partial charge is 0.164 e. The van der Waals surface area contributed by atoms with E-state index >= 15 is 0 Å². The van der Waals surface area contributed by atoms with E-state index in [0.29, 0.717) is 11.4 Å². The summed E-state index contributed by atoms with van der Waals surface area (Å²) >= 11 is 5.90. The van der Waals surface area contributed by atoms with E-state index in [0.717, 1.165) is 0 Å². The maximum atomic E-state index is 13.6. The van der Waals surface area contributed by atoms with E-state index in [2.05, 4.69) is 9.97 Å². The molecule has 0 radical (unpaired) electrons. The molecule has 0 aliphatic carbocycles. The Balaban J connectivity index is 2.63. The fraction of sp³-hybridized carbons (Fsp3) is 0.0909. The van der Waals surface area contributed by atoms with E-state index in [1.165, 1.54) is 18.3 Å². The van der Waals surface area contributed by atoms with Gasteiger partial charge in [0.15, 0.2) is 5.82 Å². The van der Waals surface area contributed by atoms with Crippen LogP contribution in [0.5, 0.6) is 0 Å². The molecule has 0 aliphatic rings. The second-order valence-electron chi connectivity index (χ2n) is 3.33. The quantitative estimate of drug-likeness (QED) is 0.830. The molecule has 0 bridgehead atoms. The highest BCUT2D eigenvalue weighted by molar-refractivity contribution is 6.33. The van der Waals surface area contributed by atoms with Gasteiger partial charge in [-0.25, -0.2) is 14.4 Å². The first-order valence-corrected chi connectivity index (χ1v) is 5.01. The molecule has 0 aliphatic heterocycles. The molecular formula is C11H9ClFN3. The summed E-state index contributed by atoms with van der Waals surface area (Å²) < 4.78 is 13.6. The second kappa shape index (κ2) is 4.06. The molecule has 0 spiro atoms. The Morgan fingerprint density at radius 1 is 1.38 bits per heavy atom. The van der Waals surface area contributed by atoms with Crippen LogP contribution in [0.2, 0.25) is 5.02 Å². The van der Waals surface area contributed by atoms with Crippen molar-refractivity contribution in [3.8, 4) is 11.4 Å². The van der Waals surface area contributed by atoms with Gasteiger partial charge in [0.25, 0.3) is 0 Å². The summed E-state index contributed by atoms with van der Waals surface area (Å²) in [5, 5.41) is 0.282. The van der Waals surface area contributed by atoms with Gasteiger partial charge < -0.3 is 5.73 Å². The van der Waals surface area contributed by atoms with Gasteiger partial charge in [0.1, 0.15) is 5.82 Å². The molecule has 0 saturated carbocycles. The Morgan fingerprint density at radius 3 is 2.75 bits per heavy atom. The molecule has 0 fully saturated rings. The summed E-state index contributed by atoms with van der Waals surface area (Å²) in [7, 11) is 0. The van der Waals surface area contributed by atoms with Gasteiger partial charge in [0, 0.05) is 0 Å². The Morgan fingerprint density at radius 2 is 2.12 bits per heavy atom. The van der Waals surface area contributed by atoms with Gasteiger partial charge in [-0.15, -0.1) is 0 Å². The molecule has 0 atom stereocenters. The van der Waals surface area contributed by atoms with Crippen LogP contribution in [0, 0.1) is 12.7 Å². The third-order valence-corrected chi connectivity index (χ3v) is 2.52. The minimum Gasteiger partial charge on any atom is -0.396 e. The number of rotatable bonds is 1. The number of aryl methyl sites for hydroxylation is 1. The van der Waals surface area contributed by atoms with Gasteiger partial charge >= 0.3 is 0 Å². The van der Waals surface area contributed by atoms with Gasteiger partial charge in [-0.1, -0.05) is 17.7 Å². The average molecular weight is 238 g/mol. The molecule has 0 amide bonds. The van der Waals surface area contributed by atoms with Crippen molar-refractivity contribution in [3.05, 3.63) is 40.9 Å². The molecule has 0 saturated heterocycles. The predicted molar refractivity (Wildman–Crippen MR) is 61.6 cm³/mol. The van der Waals surface area contributed by atoms with Crippen LogP contribution in [-0.4, -0.2) is 9.97 Å². The minimum atomic E-state index is -0.448. The van der Waals surface area contributed by atoms with Crippen LogP contribution in [0.15, 0.2) is 24.4 Å². The number of nitrogen functional groups attached to an aromatic ring is 1. The lowest BCUT2D eigenvalue weighted by molar-refractivity contribution is 0.630. The average Bonchev–Trinajstić information content (AvgIpc) is 2.23. The van der Waals surface area contributed by atoms with Crippen LogP contribution in [0.4, 0.5) is 10.1 Å². The first-order chi connectivity index (χ1) is 7.59. The number of aromatic nitrogens is 2. The maximum absolute atomic E-state index is 13.6. The lowest BCUT2D eigenvalue weighted by Gasteiger charge is -2.06. The number of anilines is 1. The Hall–Kier alpha value is -1.68. The van der Waals surface area contributed by atoms with Gasteiger partial charge in [-0.2, -0.15) is 0 Å². The van der Waals surface area contributed by atoms with E-state index in [1.807, 2.05) is 0 Å². The normalized spacial score (nSPS) is 10.4. The standard InChI is InChI=1S/C11H9ClFN3/c1-6-9(14)5-15-11(16-6)10-7(12)3-2-4-8(10)13/h2-5H,14H2,1H3. The van der Waals surface area contributed by atoms with Crippen LogP contribution < -0.4 is 5.73 Å². The highest BCUT2D eigenvalue weighted by Gasteiger charge is 2.12. The van der Waals surface area contributed by atoms with Crippen molar-refractivity contribution < 1.29 is 4.39 Å². The fourth-order valence-electron chi connectivity index (χ4n) is 1.31. The molecule has 82 valence electrons. The number of benzene rings is 1. The van der Waals surface area contributed by atoms with E-state index < -0.39 is 5.82 Å². The summed E-state index contributed by atoms with van der Waals surface area (Å²) in [4.78, 5) is 8.07. The van der Waals surface area contributed by atoms with E-state index in [9.17, 15) is 4.39 Å². The summed E-state index contributed by atoms with van der Waals surface area (Å²) in [6, 6.07) is 4.44. The summed E-state index contributed by atoms with van der Waals surface area (Å²) in [6.07, 6.45) is 1.44. The van der Waals surface area contributed by atoms with Gasteiger partial charge in [0.2, 0.25) is 0 Å². The van der Waals surface area contributed by atoms with Crippen molar-refractivity contribution in [3.63, 3.8) is 0 Å². The zero-order valence-electron chi connectivity index (χ0n) is 8.54. The highest BCUT2D eigenvalue weighted by atomic mass is 35.5. The van der Waals surface area contributed by atoms with Crippen LogP contribution >= 0.6 is 11.6 Å². The van der Waals surface area contributed by atoms with Gasteiger partial charge in [-0.05, 0) is 19.1 Å². The van der Waals surface area contributed by atoms with Crippen molar-refractivity contribution in [2.45, 2.75) is 6.92 Å². The Bertz CT molecular complexity index is 522. The number of nitrogens with zero attached hydrogens (tertiary/aromatic N) is 2. The molecule has 2 N–H and O–H groups in total. The third kappa shape index (κ3) is 1.84. The zero-order valence-corrected chi connectivity index (χ0v) is 9.29. The second-order valence-corrected chi connectivity index (χ2v) is 3.74. The monoisotopic (exact) mass is 237 g/mol. The molecule has 1 heterocycles. The topological polar surface area (TPSA) is 51.8 Å². The first kappa shape index (κ1) is 10.8. The van der Waals surface area contributed by atoms with Crippen molar-refractivity contribution in [2.75, 3.05) is 5.73 Å². The number of halogens is 2. The summed E-state index contributed by atoms with van der Waals surface area (Å²) in [5.74, 6) is -0.202. The van der Waals surface area contributed by atoms with E-state index in [1.54, 1.807) is 13.0 Å². The third-order valence-electron chi connectivity index (χ3n) is 2.20. The van der Waals surface area contributed by atoms with Gasteiger partial charge in [-0.3, -0.25) is 0 Å². The molecule has 1 aromatic heterocycles. The van der Waals surface area contributed by atoms with Crippen molar-refractivity contribution in [2.24, 2.45) is 0 Å². The van der Waals surface area contributed by atoms with Crippen LogP contribution in [0.25, 0.3) is 11.4 Å². The Labute approximate surface area is 97.1 Å². The number of nitrogens with two attached hydrogens (primary N) is 1. The van der Waals surface area contributed by atoms with Crippen LogP contribution in [0.3, 0.4) is 0 Å². The maximum Gasteiger partial charge on any atom is 0.164 e. The predicted octanol–water partition coefficient (Wildman–Crippen LogP) is 2.83. The van der Waals surface area contributed by atoms with Crippen LogP contribution in [-0.2, 0) is 0 Å². The summed E-state index contributed by atoms with van der Waals surface area (Å²) in [5.41, 5.74) is 6.86. The SMILES string of the molecule is Cc1nc(-c2c(F)cccc2Cl)ncc1N. The molecule has 3 nitrogen and oxygen atoms in total. The fourth-order valence-corrected chi connectivity index (χ4v) is 1.56. The molecule has 1 aromatic carbocycles. The number of hydrogen-bond donors (Lipinski definition) is 1. The van der Waals surface area contributed by atoms with Crippen LogP contribution in [0.1, 0.15) is 5.69 Å². The first-order valence-electron chi connectivity index (χ1n) is 4.63. The zero-order chi connectivity index (χ0) is 11.7. The lowest BCUT2D eigenvalue weighted by Crippen LogP contribution is -1.99. The largest absolute Gasteiger partial charge is 0.396 e. The highest BCUT2D eigenvalue weighted by Crippen LogP contribution is 2.28. The van der Waals surface area contributed by atoms with Crippen molar-refractivity contribution >= 4 is 17.3 Å². The van der Waals surface area contributed by atoms with Crippen molar-refractivity contribution in [1.29, 1.82) is 0 Å². The molecule has 2 rings (SSSR count). The lowest BCUT2D eigenvalue weighted by atomic mass is 10.2. The molecule has 2 aromatic rings. The van der Waals surface area contributed by atoms with Crippen molar-refractivity contribution in [1.82, 2.24) is 9.97 Å². The molecule has 16 heavy (non-hydrogen) atoms. The minimum absolute atomic E-state index is 0.201. The molecular weight excluding hydrogens is 229 g/mol. The number of hydrogen-bond acceptors (Lipinski definition) is 3. The van der Waals surface area contributed by atoms with E-state index in [4.69, 9.17) is 17.3 Å². The van der Waals surface area contributed by atoms with Gasteiger partial charge in [0.05, 0.1) is 28.2 Å². The Kier molecular flexibility index (Phi) is 2.75. The molecule has 0 unspecified atom stereocenters. The molecule has 5 heteroatoms. The summed E-state index contributed by atoms with van der Waals surface area (Å²) in [6.45, 7) is 1.73. The van der Waals surface area contributed by atoms with E-state index in [-0.39, 0.29) is 16.4 Å².